The molecule has 0 aliphatic heterocycles. The molecule has 13 heavy (non-hydrogen) atoms. The first kappa shape index (κ1) is 10.6. The molecular weight excluding hydrogens is 283 g/mol. The third-order valence-corrected chi connectivity index (χ3v) is 2.83. The predicted octanol–water partition coefficient (Wildman–Crippen LogP) is 2.06. The highest BCUT2D eigenvalue weighted by molar-refractivity contribution is 14.1. The molecule has 0 saturated carbocycles. The van der Waals surface area contributed by atoms with Gasteiger partial charge in [-0.1, -0.05) is 0 Å². The van der Waals surface area contributed by atoms with Crippen LogP contribution in [0.1, 0.15) is 18.6 Å². The van der Waals surface area contributed by atoms with Gasteiger partial charge in [0, 0.05) is 0 Å². The van der Waals surface area contributed by atoms with Gasteiger partial charge in [-0.2, -0.15) is 0 Å². The standard InChI is InChI=1S/C9H11IO3/c1-5(11)6-3-7(12)9(10)8(4-6)13-2/h3-5,11-12H,1-2H3. The van der Waals surface area contributed by atoms with E-state index in [0.29, 0.717) is 14.9 Å². The van der Waals surface area contributed by atoms with Crippen LogP contribution in [0.25, 0.3) is 0 Å². The van der Waals surface area contributed by atoms with E-state index in [-0.39, 0.29) is 5.75 Å². The van der Waals surface area contributed by atoms with Gasteiger partial charge in [0.25, 0.3) is 0 Å². The topological polar surface area (TPSA) is 49.7 Å². The van der Waals surface area contributed by atoms with Gasteiger partial charge in [0.1, 0.15) is 11.5 Å². The van der Waals surface area contributed by atoms with Gasteiger partial charge in [-0.05, 0) is 47.2 Å². The maximum atomic E-state index is 9.46. The van der Waals surface area contributed by atoms with E-state index in [2.05, 4.69) is 0 Å². The Morgan fingerprint density at radius 2 is 2.08 bits per heavy atom. The number of halogens is 1. The number of ether oxygens (including phenoxy) is 1. The molecule has 0 aliphatic rings. The predicted molar refractivity (Wildman–Crippen MR) is 58.0 cm³/mol. The van der Waals surface area contributed by atoms with Crippen molar-refractivity contribution in [1.29, 1.82) is 0 Å². The summed E-state index contributed by atoms with van der Waals surface area (Å²) in [7, 11) is 1.53. The van der Waals surface area contributed by atoms with E-state index in [1.165, 1.54) is 13.2 Å². The summed E-state index contributed by atoms with van der Waals surface area (Å²) in [5.41, 5.74) is 0.648. The fourth-order valence-electron chi connectivity index (χ4n) is 0.994. The summed E-state index contributed by atoms with van der Waals surface area (Å²) in [6.45, 7) is 1.64. The minimum atomic E-state index is -0.600. The number of aliphatic hydroxyl groups is 1. The van der Waals surface area contributed by atoms with Gasteiger partial charge in [0.15, 0.2) is 0 Å². The highest BCUT2D eigenvalue weighted by atomic mass is 127. The minimum absolute atomic E-state index is 0.135. The molecule has 0 saturated heterocycles. The van der Waals surface area contributed by atoms with Crippen molar-refractivity contribution in [3.05, 3.63) is 21.3 Å². The molecule has 0 amide bonds. The molecule has 0 fully saturated rings. The fraction of sp³-hybridized carbons (Fsp3) is 0.333. The van der Waals surface area contributed by atoms with Crippen molar-refractivity contribution in [2.24, 2.45) is 0 Å². The van der Waals surface area contributed by atoms with Crippen molar-refractivity contribution in [3.63, 3.8) is 0 Å². The molecule has 0 radical (unpaired) electrons. The second-order valence-electron chi connectivity index (χ2n) is 2.73. The van der Waals surface area contributed by atoms with Crippen LogP contribution in [0.4, 0.5) is 0 Å². The molecule has 4 heteroatoms. The third-order valence-electron chi connectivity index (χ3n) is 1.74. The van der Waals surface area contributed by atoms with E-state index >= 15 is 0 Å². The number of aromatic hydroxyl groups is 1. The van der Waals surface area contributed by atoms with Crippen LogP contribution >= 0.6 is 22.6 Å². The molecule has 2 N–H and O–H groups in total. The largest absolute Gasteiger partial charge is 0.507 e. The lowest BCUT2D eigenvalue weighted by Gasteiger charge is -2.10. The van der Waals surface area contributed by atoms with E-state index < -0.39 is 6.10 Å². The van der Waals surface area contributed by atoms with E-state index in [0.717, 1.165) is 0 Å². The molecule has 0 bridgehead atoms. The molecule has 0 aliphatic carbocycles. The van der Waals surface area contributed by atoms with Crippen molar-refractivity contribution in [2.45, 2.75) is 13.0 Å². The van der Waals surface area contributed by atoms with Crippen LogP contribution in [0.3, 0.4) is 0 Å². The molecule has 1 aromatic carbocycles. The summed E-state index contributed by atoms with van der Waals surface area (Å²) in [5.74, 6) is 0.715. The quantitative estimate of drug-likeness (QED) is 0.821. The van der Waals surface area contributed by atoms with Gasteiger partial charge in [-0.15, -0.1) is 0 Å². The highest BCUT2D eigenvalue weighted by Gasteiger charge is 2.10. The molecule has 1 unspecified atom stereocenters. The average Bonchev–Trinajstić information content (AvgIpc) is 2.09. The van der Waals surface area contributed by atoms with E-state index in [1.807, 2.05) is 22.6 Å². The van der Waals surface area contributed by atoms with Crippen LogP contribution in [0, 0.1) is 3.57 Å². The van der Waals surface area contributed by atoms with Crippen molar-refractivity contribution in [2.75, 3.05) is 7.11 Å². The molecule has 1 aromatic rings. The van der Waals surface area contributed by atoms with Gasteiger partial charge in [-0.3, -0.25) is 0 Å². The molecule has 0 heterocycles. The summed E-state index contributed by atoms with van der Waals surface area (Å²) in [4.78, 5) is 0. The van der Waals surface area contributed by atoms with Gasteiger partial charge >= 0.3 is 0 Å². The van der Waals surface area contributed by atoms with Crippen LogP contribution in [-0.2, 0) is 0 Å². The Morgan fingerprint density at radius 1 is 1.46 bits per heavy atom. The maximum absolute atomic E-state index is 9.46. The zero-order valence-corrected chi connectivity index (χ0v) is 9.57. The van der Waals surface area contributed by atoms with Gasteiger partial charge < -0.3 is 14.9 Å². The van der Waals surface area contributed by atoms with Gasteiger partial charge in [0.05, 0.1) is 16.8 Å². The number of hydrogen-bond donors (Lipinski definition) is 2. The van der Waals surface area contributed by atoms with E-state index in [9.17, 15) is 10.2 Å². The Balaban J connectivity index is 3.22. The second-order valence-corrected chi connectivity index (χ2v) is 3.81. The first-order valence-electron chi connectivity index (χ1n) is 3.80. The zero-order chi connectivity index (χ0) is 10.0. The average molecular weight is 294 g/mol. The van der Waals surface area contributed by atoms with E-state index in [4.69, 9.17) is 4.74 Å². The molecule has 1 atom stereocenters. The number of phenolic OH excluding ortho intramolecular Hbond substituents is 1. The van der Waals surface area contributed by atoms with Crippen molar-refractivity contribution in [1.82, 2.24) is 0 Å². The summed E-state index contributed by atoms with van der Waals surface area (Å²) >= 11 is 1.99. The molecule has 0 aromatic heterocycles. The smallest absolute Gasteiger partial charge is 0.136 e. The Bertz CT molecular complexity index is 310. The first-order chi connectivity index (χ1) is 6.06. The monoisotopic (exact) mass is 294 g/mol. The Hall–Kier alpha value is -0.490. The molecular formula is C9H11IO3. The summed E-state index contributed by atoms with van der Waals surface area (Å²) in [6, 6.07) is 3.25. The third kappa shape index (κ3) is 2.25. The van der Waals surface area contributed by atoms with Crippen molar-refractivity contribution in [3.8, 4) is 11.5 Å². The van der Waals surface area contributed by atoms with Crippen LogP contribution in [0.2, 0.25) is 0 Å². The van der Waals surface area contributed by atoms with Crippen LogP contribution < -0.4 is 4.74 Å². The van der Waals surface area contributed by atoms with Gasteiger partial charge in [-0.25, -0.2) is 0 Å². The van der Waals surface area contributed by atoms with Crippen LogP contribution in [0.15, 0.2) is 12.1 Å². The molecule has 72 valence electrons. The second kappa shape index (κ2) is 4.15. The lowest BCUT2D eigenvalue weighted by molar-refractivity contribution is 0.198. The lowest BCUT2D eigenvalue weighted by Crippen LogP contribution is -1.94. The van der Waals surface area contributed by atoms with E-state index in [1.54, 1.807) is 13.0 Å². The summed E-state index contributed by atoms with van der Waals surface area (Å²) in [5, 5.41) is 18.8. The number of aliphatic hydroxyl groups excluding tert-OH is 1. The number of benzene rings is 1. The zero-order valence-electron chi connectivity index (χ0n) is 7.41. The number of phenols is 1. The van der Waals surface area contributed by atoms with Crippen molar-refractivity contribution < 1.29 is 14.9 Å². The fourth-order valence-corrected chi connectivity index (χ4v) is 1.53. The Morgan fingerprint density at radius 3 is 2.54 bits per heavy atom. The lowest BCUT2D eigenvalue weighted by atomic mass is 10.1. The maximum Gasteiger partial charge on any atom is 0.136 e. The van der Waals surface area contributed by atoms with Crippen LogP contribution in [0.5, 0.6) is 11.5 Å². The summed E-state index contributed by atoms with van der Waals surface area (Å²) < 4.78 is 5.69. The number of methoxy groups -OCH3 is 1. The minimum Gasteiger partial charge on any atom is -0.507 e. The van der Waals surface area contributed by atoms with Crippen LogP contribution in [-0.4, -0.2) is 17.3 Å². The number of rotatable bonds is 2. The molecule has 3 nitrogen and oxygen atoms in total. The normalized spacial score (nSPS) is 12.6. The highest BCUT2D eigenvalue weighted by Crippen LogP contribution is 2.32. The Labute approximate surface area is 90.5 Å². The Kier molecular flexibility index (Phi) is 3.38. The SMILES string of the molecule is COc1cc(C(C)O)cc(O)c1I. The summed E-state index contributed by atoms with van der Waals surface area (Å²) in [6.07, 6.45) is -0.600. The molecule has 1 rings (SSSR count). The van der Waals surface area contributed by atoms with Gasteiger partial charge in [0.2, 0.25) is 0 Å². The molecule has 0 spiro atoms. The first-order valence-corrected chi connectivity index (χ1v) is 4.88. The number of hydrogen-bond acceptors (Lipinski definition) is 3. The van der Waals surface area contributed by atoms with Crippen molar-refractivity contribution >= 4 is 22.6 Å².